The van der Waals surface area contributed by atoms with Crippen molar-refractivity contribution in [3.05, 3.63) is 71.5 Å². The van der Waals surface area contributed by atoms with Crippen LogP contribution in [0.25, 0.3) is 5.69 Å². The zero-order chi connectivity index (χ0) is 22.0. The van der Waals surface area contributed by atoms with Gasteiger partial charge in [-0.05, 0) is 68.4 Å². The maximum Gasteiger partial charge on any atom is 0.255 e. The highest BCUT2D eigenvalue weighted by Gasteiger charge is 2.35. The van der Waals surface area contributed by atoms with Gasteiger partial charge in [-0.15, -0.1) is 11.8 Å². The molecular formula is C23H24N4O3S. The first kappa shape index (κ1) is 21.0. The molecule has 1 atom stereocenters. The zero-order valence-electron chi connectivity index (χ0n) is 17.7. The average Bonchev–Trinajstić information content (AvgIpc) is 3.40. The number of hydrogen-bond acceptors (Lipinski definition) is 5. The van der Waals surface area contributed by atoms with Gasteiger partial charge in [0.15, 0.2) is 0 Å². The summed E-state index contributed by atoms with van der Waals surface area (Å²) in [5.41, 5.74) is 4.09. The lowest BCUT2D eigenvalue weighted by molar-refractivity contribution is -0.119. The normalized spacial score (nSPS) is 15.7. The van der Waals surface area contributed by atoms with Crippen molar-refractivity contribution < 1.29 is 14.3 Å². The van der Waals surface area contributed by atoms with Crippen molar-refractivity contribution >= 4 is 29.3 Å². The standard InChI is InChI=1S/C23H24N4O3S/c1-15-12-16(2)27(25-15)19-8-4-17(5-9-19)23(29)26-14-31-13-21(26)22(28)24-18-6-10-20(30-3)11-7-18/h4-12,21H,13-14H2,1-3H3,(H,24,28). The molecule has 7 nitrogen and oxygen atoms in total. The fourth-order valence-corrected chi connectivity index (χ4v) is 4.72. The van der Waals surface area contributed by atoms with Crippen LogP contribution >= 0.6 is 11.8 Å². The lowest BCUT2D eigenvalue weighted by Crippen LogP contribution is -2.44. The van der Waals surface area contributed by atoms with E-state index in [0.29, 0.717) is 22.9 Å². The number of nitrogens with one attached hydrogen (secondary N) is 1. The molecule has 3 aromatic rings. The molecule has 2 aromatic carbocycles. The molecule has 1 aliphatic heterocycles. The van der Waals surface area contributed by atoms with E-state index in [0.717, 1.165) is 22.8 Å². The molecule has 0 spiro atoms. The van der Waals surface area contributed by atoms with Crippen molar-refractivity contribution in [3.8, 4) is 11.4 Å². The number of ether oxygens (including phenoxy) is 1. The number of anilines is 1. The van der Waals surface area contributed by atoms with Crippen LogP contribution in [0.15, 0.2) is 54.6 Å². The summed E-state index contributed by atoms with van der Waals surface area (Å²) in [5, 5.41) is 7.37. The smallest absolute Gasteiger partial charge is 0.255 e. The Hall–Kier alpha value is -3.26. The van der Waals surface area contributed by atoms with Gasteiger partial charge in [0.25, 0.3) is 5.91 Å². The highest BCUT2D eigenvalue weighted by atomic mass is 32.2. The SMILES string of the molecule is COc1ccc(NC(=O)C2CSCN2C(=O)c2ccc(-n3nc(C)cc3C)cc2)cc1. The highest BCUT2D eigenvalue weighted by Crippen LogP contribution is 2.25. The maximum atomic E-state index is 13.1. The summed E-state index contributed by atoms with van der Waals surface area (Å²) >= 11 is 1.57. The number of benzene rings is 2. The van der Waals surface area contributed by atoms with Gasteiger partial charge in [0, 0.05) is 22.7 Å². The average molecular weight is 437 g/mol. The number of amides is 2. The van der Waals surface area contributed by atoms with E-state index in [4.69, 9.17) is 4.74 Å². The molecule has 2 heterocycles. The number of carbonyl (C=O) groups is 2. The molecule has 1 saturated heterocycles. The van der Waals surface area contributed by atoms with Crippen molar-refractivity contribution in [2.75, 3.05) is 24.1 Å². The Kier molecular flexibility index (Phi) is 5.99. The van der Waals surface area contributed by atoms with E-state index in [9.17, 15) is 9.59 Å². The number of nitrogens with zero attached hydrogens (tertiary/aromatic N) is 3. The molecule has 31 heavy (non-hydrogen) atoms. The van der Waals surface area contributed by atoms with Crippen molar-refractivity contribution in [1.29, 1.82) is 0 Å². The molecule has 1 unspecified atom stereocenters. The fourth-order valence-electron chi connectivity index (χ4n) is 3.56. The van der Waals surface area contributed by atoms with Crippen LogP contribution in [0.2, 0.25) is 0 Å². The Morgan fingerprint density at radius 2 is 1.81 bits per heavy atom. The van der Waals surface area contributed by atoms with Gasteiger partial charge in [-0.25, -0.2) is 4.68 Å². The molecule has 1 aliphatic rings. The first-order chi connectivity index (χ1) is 15.0. The largest absolute Gasteiger partial charge is 0.497 e. The highest BCUT2D eigenvalue weighted by molar-refractivity contribution is 7.99. The number of thioether (sulfide) groups is 1. The van der Waals surface area contributed by atoms with Gasteiger partial charge in [0.2, 0.25) is 5.91 Å². The third-order valence-corrected chi connectivity index (χ3v) is 6.18. The minimum Gasteiger partial charge on any atom is -0.497 e. The van der Waals surface area contributed by atoms with Crippen molar-refractivity contribution in [1.82, 2.24) is 14.7 Å². The molecule has 1 aromatic heterocycles. The number of rotatable bonds is 5. The van der Waals surface area contributed by atoms with E-state index in [-0.39, 0.29) is 11.8 Å². The fraction of sp³-hybridized carbons (Fsp3) is 0.261. The summed E-state index contributed by atoms with van der Waals surface area (Å²) in [4.78, 5) is 27.6. The first-order valence-corrected chi connectivity index (χ1v) is 11.1. The van der Waals surface area contributed by atoms with Gasteiger partial charge in [-0.1, -0.05) is 0 Å². The Morgan fingerprint density at radius 1 is 1.10 bits per heavy atom. The third kappa shape index (κ3) is 4.44. The van der Waals surface area contributed by atoms with Gasteiger partial charge in [0.05, 0.1) is 24.4 Å². The van der Waals surface area contributed by atoms with Gasteiger partial charge >= 0.3 is 0 Å². The van der Waals surface area contributed by atoms with Gasteiger partial charge in [-0.3, -0.25) is 9.59 Å². The van der Waals surface area contributed by atoms with E-state index in [1.807, 2.05) is 36.7 Å². The van der Waals surface area contributed by atoms with E-state index < -0.39 is 6.04 Å². The van der Waals surface area contributed by atoms with Crippen molar-refractivity contribution in [2.45, 2.75) is 19.9 Å². The summed E-state index contributed by atoms with van der Waals surface area (Å²) in [7, 11) is 1.59. The number of aryl methyl sites for hydroxylation is 2. The van der Waals surface area contributed by atoms with E-state index in [1.54, 1.807) is 60.2 Å². The number of hydrogen-bond donors (Lipinski definition) is 1. The Bertz CT molecular complexity index is 1090. The lowest BCUT2D eigenvalue weighted by atomic mass is 10.1. The number of carbonyl (C=O) groups excluding carboxylic acids is 2. The zero-order valence-corrected chi connectivity index (χ0v) is 18.5. The van der Waals surface area contributed by atoms with Crippen molar-refractivity contribution in [3.63, 3.8) is 0 Å². The van der Waals surface area contributed by atoms with Gasteiger partial charge in [-0.2, -0.15) is 5.10 Å². The second kappa shape index (κ2) is 8.85. The molecule has 1 fully saturated rings. The number of methoxy groups -OCH3 is 1. The van der Waals surface area contributed by atoms with E-state index in [1.165, 1.54) is 0 Å². The molecule has 2 amide bonds. The van der Waals surface area contributed by atoms with Crippen LogP contribution in [0, 0.1) is 13.8 Å². The Morgan fingerprint density at radius 3 is 2.42 bits per heavy atom. The monoisotopic (exact) mass is 436 g/mol. The van der Waals surface area contributed by atoms with E-state index >= 15 is 0 Å². The molecule has 0 radical (unpaired) electrons. The molecule has 0 bridgehead atoms. The molecule has 0 saturated carbocycles. The second-order valence-electron chi connectivity index (χ2n) is 7.39. The lowest BCUT2D eigenvalue weighted by Gasteiger charge is -2.23. The van der Waals surface area contributed by atoms with Crippen LogP contribution < -0.4 is 10.1 Å². The molecule has 4 rings (SSSR count). The van der Waals surface area contributed by atoms with E-state index in [2.05, 4.69) is 10.4 Å². The topological polar surface area (TPSA) is 76.5 Å². The van der Waals surface area contributed by atoms with Gasteiger partial charge < -0.3 is 15.0 Å². The maximum absolute atomic E-state index is 13.1. The van der Waals surface area contributed by atoms with Crippen LogP contribution in [0.5, 0.6) is 5.75 Å². The molecule has 0 aliphatic carbocycles. The van der Waals surface area contributed by atoms with Crippen LogP contribution in [0.1, 0.15) is 21.7 Å². The summed E-state index contributed by atoms with van der Waals surface area (Å²) in [6.07, 6.45) is 0. The van der Waals surface area contributed by atoms with Crippen LogP contribution in [-0.4, -0.2) is 51.3 Å². The predicted molar refractivity (Wildman–Crippen MR) is 122 cm³/mol. The van der Waals surface area contributed by atoms with Crippen LogP contribution in [0.4, 0.5) is 5.69 Å². The summed E-state index contributed by atoms with van der Waals surface area (Å²) in [5.74, 6) is 1.42. The number of aromatic nitrogens is 2. The second-order valence-corrected chi connectivity index (χ2v) is 8.39. The minimum atomic E-state index is -0.518. The minimum absolute atomic E-state index is 0.153. The quantitative estimate of drug-likeness (QED) is 0.661. The van der Waals surface area contributed by atoms with Gasteiger partial charge in [0.1, 0.15) is 11.8 Å². The van der Waals surface area contributed by atoms with Crippen molar-refractivity contribution in [2.24, 2.45) is 0 Å². The molecule has 1 N–H and O–H groups in total. The van der Waals surface area contributed by atoms with Crippen LogP contribution in [-0.2, 0) is 4.79 Å². The third-order valence-electron chi connectivity index (χ3n) is 5.17. The molecule has 8 heteroatoms. The molecular weight excluding hydrogens is 412 g/mol. The summed E-state index contributed by atoms with van der Waals surface area (Å²) < 4.78 is 6.99. The first-order valence-electron chi connectivity index (χ1n) is 9.93. The Balaban J connectivity index is 1.46. The summed E-state index contributed by atoms with van der Waals surface area (Å²) in [6, 6.07) is 15.9. The summed E-state index contributed by atoms with van der Waals surface area (Å²) in [6.45, 7) is 3.94. The Labute approximate surface area is 185 Å². The molecule has 160 valence electrons. The van der Waals surface area contributed by atoms with Crippen LogP contribution in [0.3, 0.4) is 0 Å². The predicted octanol–water partition coefficient (Wildman–Crippen LogP) is 3.65.